The summed E-state index contributed by atoms with van der Waals surface area (Å²) in [5, 5.41) is 11.0. The van der Waals surface area contributed by atoms with E-state index in [4.69, 9.17) is 18.9 Å². The molecule has 162 valence electrons. The average Bonchev–Trinajstić information content (AvgIpc) is 2.81. The first-order valence-electron chi connectivity index (χ1n) is 9.73. The highest BCUT2D eigenvalue weighted by Crippen LogP contribution is 2.27. The Balaban J connectivity index is 1.39. The summed E-state index contributed by atoms with van der Waals surface area (Å²) in [7, 11) is 3.09. The minimum absolute atomic E-state index is 0.138. The molecule has 1 aromatic heterocycles. The Morgan fingerprint density at radius 1 is 0.871 bits per heavy atom. The highest BCUT2D eigenvalue weighted by Gasteiger charge is 2.07. The summed E-state index contributed by atoms with van der Waals surface area (Å²) in [6, 6.07) is 16.7. The Bertz CT molecular complexity index is 969. The normalized spacial score (nSPS) is 10.3. The highest BCUT2D eigenvalue weighted by molar-refractivity contribution is 5.77. The van der Waals surface area contributed by atoms with Gasteiger partial charge in [-0.05, 0) is 13.0 Å². The molecule has 3 rings (SSSR count). The molecular formula is C23H25N3O5. The molecule has 0 saturated carbocycles. The van der Waals surface area contributed by atoms with E-state index in [0.29, 0.717) is 29.7 Å². The monoisotopic (exact) mass is 423 g/mol. The predicted octanol–water partition coefficient (Wildman–Crippen LogP) is 3.04. The maximum atomic E-state index is 12.0. The maximum Gasteiger partial charge on any atom is 0.258 e. The topological polar surface area (TPSA) is 91.8 Å². The van der Waals surface area contributed by atoms with Crippen molar-refractivity contribution in [1.82, 2.24) is 15.5 Å². The van der Waals surface area contributed by atoms with Crippen molar-refractivity contribution < 1.29 is 23.7 Å². The third-order valence-corrected chi connectivity index (χ3v) is 4.36. The van der Waals surface area contributed by atoms with Crippen molar-refractivity contribution in [1.29, 1.82) is 0 Å². The van der Waals surface area contributed by atoms with Crippen molar-refractivity contribution in [2.45, 2.75) is 6.92 Å². The number of methoxy groups -OCH3 is 2. The molecule has 31 heavy (non-hydrogen) atoms. The lowest BCUT2D eigenvalue weighted by molar-refractivity contribution is -0.123. The van der Waals surface area contributed by atoms with Gasteiger partial charge < -0.3 is 24.3 Å². The molecule has 0 fully saturated rings. The molecule has 0 saturated heterocycles. The van der Waals surface area contributed by atoms with Crippen LogP contribution in [0.1, 0.15) is 5.56 Å². The molecule has 0 radical (unpaired) electrons. The third kappa shape index (κ3) is 6.60. The van der Waals surface area contributed by atoms with Gasteiger partial charge in [0.15, 0.2) is 6.61 Å². The van der Waals surface area contributed by atoms with Gasteiger partial charge >= 0.3 is 0 Å². The van der Waals surface area contributed by atoms with Gasteiger partial charge in [0.05, 0.1) is 26.5 Å². The van der Waals surface area contributed by atoms with Crippen molar-refractivity contribution in [3.05, 3.63) is 60.2 Å². The van der Waals surface area contributed by atoms with E-state index in [0.717, 1.165) is 11.3 Å². The van der Waals surface area contributed by atoms with Crippen LogP contribution in [-0.2, 0) is 4.79 Å². The number of aromatic nitrogens is 2. The molecule has 0 atom stereocenters. The molecule has 0 bridgehead atoms. The number of nitrogens with one attached hydrogen (secondary N) is 1. The predicted molar refractivity (Wildman–Crippen MR) is 116 cm³/mol. The summed E-state index contributed by atoms with van der Waals surface area (Å²) in [6.07, 6.45) is 0. The van der Waals surface area contributed by atoms with Gasteiger partial charge in [-0.1, -0.05) is 29.8 Å². The Kier molecular flexibility index (Phi) is 7.64. The Labute approximate surface area is 181 Å². The highest BCUT2D eigenvalue weighted by atomic mass is 16.5. The first-order chi connectivity index (χ1) is 15.1. The molecule has 1 N–H and O–H groups in total. The Morgan fingerprint density at radius 2 is 1.55 bits per heavy atom. The van der Waals surface area contributed by atoms with Crippen LogP contribution in [0.4, 0.5) is 0 Å². The van der Waals surface area contributed by atoms with Crippen LogP contribution >= 0.6 is 0 Å². The van der Waals surface area contributed by atoms with Gasteiger partial charge in [-0.3, -0.25) is 4.79 Å². The number of aryl methyl sites for hydroxylation is 1. The number of carbonyl (C=O) groups excluding carboxylic acids is 1. The van der Waals surface area contributed by atoms with Crippen molar-refractivity contribution in [2.24, 2.45) is 0 Å². The summed E-state index contributed by atoms with van der Waals surface area (Å²) < 4.78 is 21.4. The zero-order valence-corrected chi connectivity index (χ0v) is 17.8. The summed E-state index contributed by atoms with van der Waals surface area (Å²) in [5.74, 6) is 1.76. The number of amides is 1. The number of benzene rings is 2. The van der Waals surface area contributed by atoms with E-state index in [1.807, 2.05) is 37.3 Å². The lowest BCUT2D eigenvalue weighted by Crippen LogP contribution is -2.32. The van der Waals surface area contributed by atoms with Gasteiger partial charge in [-0.2, -0.15) is 0 Å². The quantitative estimate of drug-likeness (QED) is 0.501. The second kappa shape index (κ2) is 10.8. The van der Waals surface area contributed by atoms with Gasteiger partial charge in [0.25, 0.3) is 5.91 Å². The number of hydrogen-bond donors (Lipinski definition) is 1. The molecule has 0 aliphatic rings. The zero-order valence-electron chi connectivity index (χ0n) is 17.8. The largest absolute Gasteiger partial charge is 0.496 e. The van der Waals surface area contributed by atoms with E-state index in [9.17, 15) is 4.79 Å². The lowest BCUT2D eigenvalue weighted by atomic mass is 10.1. The van der Waals surface area contributed by atoms with Crippen LogP contribution in [-0.4, -0.2) is 50.1 Å². The van der Waals surface area contributed by atoms with Gasteiger partial charge in [-0.25, -0.2) is 0 Å². The molecule has 1 amide bonds. The lowest BCUT2D eigenvalue weighted by Gasteiger charge is -2.11. The number of nitrogens with zero attached hydrogens (tertiary/aromatic N) is 2. The van der Waals surface area contributed by atoms with E-state index in [2.05, 4.69) is 15.5 Å². The van der Waals surface area contributed by atoms with Crippen LogP contribution in [0.25, 0.3) is 11.3 Å². The van der Waals surface area contributed by atoms with Crippen LogP contribution in [0.2, 0.25) is 0 Å². The number of rotatable bonds is 10. The molecular weight excluding hydrogens is 398 g/mol. The summed E-state index contributed by atoms with van der Waals surface area (Å²) in [6.45, 7) is 2.47. The molecule has 0 aliphatic carbocycles. The van der Waals surface area contributed by atoms with Crippen LogP contribution in [0, 0.1) is 6.92 Å². The SMILES string of the molecule is COc1cc(OC)cc(OCC(=O)NCCOc2ccc(-c3ccc(C)cc3)nn2)c1. The average molecular weight is 423 g/mol. The van der Waals surface area contributed by atoms with Gasteiger partial charge in [0.2, 0.25) is 5.88 Å². The van der Waals surface area contributed by atoms with Gasteiger partial charge in [0.1, 0.15) is 23.9 Å². The minimum atomic E-state index is -0.272. The maximum absolute atomic E-state index is 12.0. The second-order valence-corrected chi connectivity index (χ2v) is 6.66. The van der Waals surface area contributed by atoms with E-state index in [1.54, 1.807) is 38.5 Å². The molecule has 0 aliphatic heterocycles. The molecule has 8 nitrogen and oxygen atoms in total. The Morgan fingerprint density at radius 3 is 2.16 bits per heavy atom. The van der Waals surface area contributed by atoms with Crippen LogP contribution in [0.15, 0.2) is 54.6 Å². The van der Waals surface area contributed by atoms with E-state index >= 15 is 0 Å². The first kappa shape index (κ1) is 21.9. The molecule has 1 heterocycles. The fraction of sp³-hybridized carbons (Fsp3) is 0.261. The van der Waals surface area contributed by atoms with E-state index < -0.39 is 0 Å². The number of ether oxygens (including phenoxy) is 4. The number of hydrogen-bond acceptors (Lipinski definition) is 7. The summed E-state index contributed by atoms with van der Waals surface area (Å²) >= 11 is 0. The van der Waals surface area contributed by atoms with Gasteiger partial charge in [0, 0.05) is 29.8 Å². The van der Waals surface area contributed by atoms with Gasteiger partial charge in [-0.15, -0.1) is 10.2 Å². The zero-order chi connectivity index (χ0) is 22.1. The van der Waals surface area contributed by atoms with E-state index in [1.165, 1.54) is 5.56 Å². The molecule has 0 unspecified atom stereocenters. The van der Waals surface area contributed by atoms with Crippen LogP contribution in [0.3, 0.4) is 0 Å². The van der Waals surface area contributed by atoms with Crippen molar-refractivity contribution in [2.75, 3.05) is 34.0 Å². The number of carbonyl (C=O) groups is 1. The summed E-state index contributed by atoms with van der Waals surface area (Å²) in [5.41, 5.74) is 2.95. The first-order valence-corrected chi connectivity index (χ1v) is 9.73. The molecule has 0 spiro atoms. The molecule has 8 heteroatoms. The molecule has 2 aromatic carbocycles. The smallest absolute Gasteiger partial charge is 0.258 e. The van der Waals surface area contributed by atoms with Crippen molar-refractivity contribution >= 4 is 5.91 Å². The second-order valence-electron chi connectivity index (χ2n) is 6.66. The van der Waals surface area contributed by atoms with E-state index in [-0.39, 0.29) is 19.1 Å². The van der Waals surface area contributed by atoms with Crippen molar-refractivity contribution in [3.8, 4) is 34.4 Å². The fourth-order valence-corrected chi connectivity index (χ4v) is 2.69. The minimum Gasteiger partial charge on any atom is -0.496 e. The third-order valence-electron chi connectivity index (χ3n) is 4.36. The molecule has 3 aromatic rings. The fourth-order valence-electron chi connectivity index (χ4n) is 2.69. The van der Waals surface area contributed by atoms with Crippen molar-refractivity contribution in [3.63, 3.8) is 0 Å². The van der Waals surface area contributed by atoms with Crippen LogP contribution < -0.4 is 24.3 Å². The summed E-state index contributed by atoms with van der Waals surface area (Å²) in [4.78, 5) is 12.0. The Hall–Kier alpha value is -3.81. The standard InChI is InChI=1S/C23H25N3O5/c1-16-4-6-17(7-5-16)21-8-9-23(26-25-21)30-11-10-24-22(27)15-31-20-13-18(28-2)12-19(14-20)29-3/h4-9,12-14H,10-11,15H2,1-3H3,(H,24,27). The van der Waals surface area contributed by atoms with Crippen LogP contribution in [0.5, 0.6) is 23.1 Å².